The molecule has 1 atom stereocenters. The summed E-state index contributed by atoms with van der Waals surface area (Å²) in [6.07, 6.45) is 3.72. The van der Waals surface area contributed by atoms with E-state index in [9.17, 15) is 4.79 Å². The lowest BCUT2D eigenvalue weighted by atomic mass is 9.96. The summed E-state index contributed by atoms with van der Waals surface area (Å²) in [5, 5.41) is 1.08. The molecule has 2 rings (SSSR count). The van der Waals surface area contributed by atoms with Gasteiger partial charge in [-0.15, -0.1) is 11.3 Å². The molecular weight excluding hydrogens is 234 g/mol. The fourth-order valence-electron chi connectivity index (χ4n) is 2.34. The summed E-state index contributed by atoms with van der Waals surface area (Å²) in [4.78, 5) is 14.0. The van der Waals surface area contributed by atoms with Gasteiger partial charge in [-0.1, -0.05) is 13.3 Å². The Hall–Kier alpha value is -1.23. The van der Waals surface area contributed by atoms with Crippen LogP contribution in [0.2, 0.25) is 0 Å². The van der Waals surface area contributed by atoms with Gasteiger partial charge in [0.25, 0.3) is 5.91 Å². The number of anilines is 2. The van der Waals surface area contributed by atoms with E-state index in [0.29, 0.717) is 10.6 Å². The molecule has 2 heterocycles. The third kappa shape index (κ3) is 2.54. The molecule has 0 saturated carbocycles. The van der Waals surface area contributed by atoms with Gasteiger partial charge < -0.3 is 16.4 Å². The number of primary amides is 1. The standard InChI is InChI=1S/C12H19N3OS/c1-2-8-4-3-5-15(7-8)10-6-9(13)11(17-10)12(14)16/h6,8H,2-5,7,13H2,1H3,(H2,14,16). The maximum atomic E-state index is 11.2. The topological polar surface area (TPSA) is 72.3 Å². The second kappa shape index (κ2) is 4.96. The number of nitrogens with two attached hydrogens (primary N) is 2. The number of hydrogen-bond donors (Lipinski definition) is 2. The highest BCUT2D eigenvalue weighted by Gasteiger charge is 2.21. The Labute approximate surface area is 106 Å². The van der Waals surface area contributed by atoms with E-state index < -0.39 is 5.91 Å². The molecule has 0 aliphatic carbocycles. The molecule has 4 nitrogen and oxygen atoms in total. The first-order valence-electron chi connectivity index (χ1n) is 6.05. The predicted octanol–water partition coefficient (Wildman–Crippen LogP) is 2.06. The number of amides is 1. The van der Waals surface area contributed by atoms with Gasteiger partial charge in [-0.2, -0.15) is 0 Å². The molecule has 1 aliphatic heterocycles. The molecule has 0 aromatic carbocycles. The molecule has 0 bridgehead atoms. The smallest absolute Gasteiger partial charge is 0.260 e. The quantitative estimate of drug-likeness (QED) is 0.866. The Balaban J connectivity index is 2.16. The number of rotatable bonds is 3. The Morgan fingerprint density at radius 1 is 1.65 bits per heavy atom. The average Bonchev–Trinajstić information content (AvgIpc) is 2.71. The molecule has 1 saturated heterocycles. The summed E-state index contributed by atoms with van der Waals surface area (Å²) >= 11 is 1.41. The van der Waals surface area contributed by atoms with Crippen LogP contribution in [0.4, 0.5) is 10.7 Å². The van der Waals surface area contributed by atoms with Gasteiger partial charge in [0.1, 0.15) is 4.88 Å². The van der Waals surface area contributed by atoms with Crippen LogP contribution in [0.5, 0.6) is 0 Å². The van der Waals surface area contributed by atoms with Crippen molar-refractivity contribution in [2.75, 3.05) is 23.7 Å². The van der Waals surface area contributed by atoms with Gasteiger partial charge in [-0.25, -0.2) is 0 Å². The zero-order valence-electron chi connectivity index (χ0n) is 10.1. The summed E-state index contributed by atoms with van der Waals surface area (Å²) < 4.78 is 0. The van der Waals surface area contributed by atoms with E-state index >= 15 is 0 Å². The van der Waals surface area contributed by atoms with Crippen LogP contribution in [0.3, 0.4) is 0 Å². The van der Waals surface area contributed by atoms with Crippen LogP contribution in [0.15, 0.2) is 6.07 Å². The lowest BCUT2D eigenvalue weighted by Crippen LogP contribution is -2.34. The highest BCUT2D eigenvalue weighted by molar-refractivity contribution is 7.18. The molecule has 1 unspecified atom stereocenters. The lowest BCUT2D eigenvalue weighted by Gasteiger charge is -2.32. The van der Waals surface area contributed by atoms with Crippen molar-refractivity contribution in [1.82, 2.24) is 0 Å². The molecule has 1 aromatic heterocycles. The number of nitrogens with zero attached hydrogens (tertiary/aromatic N) is 1. The predicted molar refractivity (Wildman–Crippen MR) is 72.5 cm³/mol. The van der Waals surface area contributed by atoms with Crippen molar-refractivity contribution >= 4 is 27.9 Å². The molecule has 1 fully saturated rings. The van der Waals surface area contributed by atoms with Crippen molar-refractivity contribution in [2.45, 2.75) is 26.2 Å². The summed E-state index contributed by atoms with van der Waals surface area (Å²) in [6, 6.07) is 1.88. The summed E-state index contributed by atoms with van der Waals surface area (Å²) in [6.45, 7) is 4.34. The van der Waals surface area contributed by atoms with E-state index in [1.54, 1.807) is 0 Å². The minimum atomic E-state index is -0.428. The van der Waals surface area contributed by atoms with Crippen LogP contribution in [-0.2, 0) is 0 Å². The van der Waals surface area contributed by atoms with Crippen LogP contribution >= 0.6 is 11.3 Å². The first kappa shape index (κ1) is 12.2. The van der Waals surface area contributed by atoms with Gasteiger partial charge in [0, 0.05) is 13.1 Å². The van der Waals surface area contributed by atoms with Crippen LogP contribution in [0.1, 0.15) is 35.9 Å². The number of nitrogen functional groups attached to an aromatic ring is 1. The molecule has 94 valence electrons. The van der Waals surface area contributed by atoms with Crippen molar-refractivity contribution in [3.63, 3.8) is 0 Å². The van der Waals surface area contributed by atoms with Crippen LogP contribution in [0, 0.1) is 5.92 Å². The van der Waals surface area contributed by atoms with E-state index in [1.807, 2.05) is 6.07 Å². The minimum absolute atomic E-state index is 0.428. The van der Waals surface area contributed by atoms with E-state index in [2.05, 4.69) is 11.8 Å². The number of piperidine rings is 1. The van der Waals surface area contributed by atoms with E-state index in [-0.39, 0.29) is 0 Å². The SMILES string of the molecule is CCC1CCCN(c2cc(N)c(C(N)=O)s2)C1. The van der Waals surface area contributed by atoms with Crippen LogP contribution in [-0.4, -0.2) is 19.0 Å². The van der Waals surface area contributed by atoms with Crippen LogP contribution < -0.4 is 16.4 Å². The van der Waals surface area contributed by atoms with Gasteiger partial charge in [0.15, 0.2) is 0 Å². The third-order valence-corrected chi connectivity index (χ3v) is 4.61. The average molecular weight is 253 g/mol. The summed E-state index contributed by atoms with van der Waals surface area (Å²) in [5.74, 6) is 0.326. The Morgan fingerprint density at radius 3 is 3.00 bits per heavy atom. The second-order valence-corrected chi connectivity index (χ2v) is 5.63. The van der Waals surface area contributed by atoms with E-state index in [4.69, 9.17) is 11.5 Å². The van der Waals surface area contributed by atoms with Gasteiger partial charge in [0.2, 0.25) is 0 Å². The van der Waals surface area contributed by atoms with Crippen molar-refractivity contribution in [1.29, 1.82) is 0 Å². The van der Waals surface area contributed by atoms with E-state index in [0.717, 1.165) is 24.0 Å². The van der Waals surface area contributed by atoms with Crippen LogP contribution in [0.25, 0.3) is 0 Å². The van der Waals surface area contributed by atoms with Gasteiger partial charge in [0.05, 0.1) is 10.7 Å². The lowest BCUT2D eigenvalue weighted by molar-refractivity contribution is 0.100. The minimum Gasteiger partial charge on any atom is -0.397 e. The summed E-state index contributed by atoms with van der Waals surface area (Å²) in [5.41, 5.74) is 11.6. The molecule has 4 N–H and O–H groups in total. The molecule has 1 amide bonds. The highest BCUT2D eigenvalue weighted by atomic mass is 32.1. The molecule has 0 spiro atoms. The molecule has 1 aromatic rings. The Morgan fingerprint density at radius 2 is 2.41 bits per heavy atom. The van der Waals surface area contributed by atoms with Gasteiger partial charge in [-0.05, 0) is 24.8 Å². The maximum Gasteiger partial charge on any atom is 0.260 e. The first-order valence-corrected chi connectivity index (χ1v) is 6.87. The van der Waals surface area contributed by atoms with Crippen molar-refractivity contribution in [2.24, 2.45) is 11.7 Å². The van der Waals surface area contributed by atoms with E-state index in [1.165, 1.54) is 30.6 Å². The molecular formula is C12H19N3OS. The third-order valence-electron chi connectivity index (χ3n) is 3.38. The molecule has 17 heavy (non-hydrogen) atoms. The second-order valence-electron chi connectivity index (χ2n) is 4.60. The first-order chi connectivity index (χ1) is 8.11. The number of carbonyl (C=O) groups is 1. The Kier molecular flexibility index (Phi) is 3.57. The monoisotopic (exact) mass is 253 g/mol. The molecule has 1 aliphatic rings. The maximum absolute atomic E-state index is 11.2. The highest BCUT2D eigenvalue weighted by Crippen LogP contribution is 2.34. The normalized spacial score (nSPS) is 20.5. The summed E-state index contributed by atoms with van der Waals surface area (Å²) in [7, 11) is 0. The number of thiophene rings is 1. The fraction of sp³-hybridized carbons (Fsp3) is 0.583. The fourth-order valence-corrected chi connectivity index (χ4v) is 3.31. The molecule has 0 radical (unpaired) electrons. The Bertz CT molecular complexity index is 416. The van der Waals surface area contributed by atoms with Crippen molar-refractivity contribution < 1.29 is 4.79 Å². The largest absolute Gasteiger partial charge is 0.397 e. The zero-order chi connectivity index (χ0) is 12.4. The number of carbonyl (C=O) groups excluding carboxylic acids is 1. The van der Waals surface area contributed by atoms with Crippen molar-refractivity contribution in [3.05, 3.63) is 10.9 Å². The zero-order valence-corrected chi connectivity index (χ0v) is 10.9. The van der Waals surface area contributed by atoms with Gasteiger partial charge in [-0.3, -0.25) is 4.79 Å². The van der Waals surface area contributed by atoms with Crippen molar-refractivity contribution in [3.8, 4) is 0 Å². The number of hydrogen-bond acceptors (Lipinski definition) is 4. The van der Waals surface area contributed by atoms with Gasteiger partial charge >= 0.3 is 0 Å². The molecule has 5 heteroatoms.